The quantitative estimate of drug-likeness (QED) is 0.719. The Morgan fingerprint density at radius 1 is 0.962 bits per heavy atom. The van der Waals surface area contributed by atoms with Gasteiger partial charge in [0.25, 0.3) is 0 Å². The smallest absolute Gasteiger partial charge is 0.416 e. The normalized spacial score (nSPS) is 12.3. The third-order valence-corrected chi connectivity index (χ3v) is 3.60. The minimum Gasteiger partial charge on any atom is -0.465 e. The summed E-state index contributed by atoms with van der Waals surface area (Å²) >= 11 is 0. The average molecular weight is 366 g/mol. The number of halogens is 3. The number of hydrogen-bond acceptors (Lipinski definition) is 4. The first-order valence-corrected chi connectivity index (χ1v) is 7.89. The summed E-state index contributed by atoms with van der Waals surface area (Å²) in [5, 5.41) is 0. The summed E-state index contributed by atoms with van der Waals surface area (Å²) in [6, 6.07) is 12.3. The van der Waals surface area contributed by atoms with Gasteiger partial charge in [-0.1, -0.05) is 30.3 Å². The Bertz CT molecular complexity index is 740. The van der Waals surface area contributed by atoms with Crippen LogP contribution in [0.3, 0.4) is 0 Å². The average Bonchev–Trinajstić information content (AvgIpc) is 2.62. The maximum absolute atomic E-state index is 12.7. The molecule has 0 N–H and O–H groups in total. The molecule has 1 unspecified atom stereocenters. The number of hydrogen-bond donors (Lipinski definition) is 0. The van der Waals surface area contributed by atoms with Crippen molar-refractivity contribution in [3.05, 3.63) is 71.3 Å². The molecule has 1 atom stereocenters. The van der Waals surface area contributed by atoms with Gasteiger partial charge in [-0.15, -0.1) is 0 Å². The van der Waals surface area contributed by atoms with E-state index in [2.05, 4.69) is 0 Å². The Labute approximate surface area is 148 Å². The third-order valence-electron chi connectivity index (χ3n) is 3.60. The van der Waals surface area contributed by atoms with Gasteiger partial charge in [0.1, 0.15) is 12.5 Å². The topological polar surface area (TPSA) is 52.6 Å². The summed E-state index contributed by atoms with van der Waals surface area (Å²) < 4.78 is 48.1. The van der Waals surface area contributed by atoms with Gasteiger partial charge >= 0.3 is 18.1 Å². The molecule has 0 spiro atoms. The van der Waals surface area contributed by atoms with Crippen molar-refractivity contribution in [1.29, 1.82) is 0 Å². The third kappa shape index (κ3) is 5.08. The second-order valence-electron chi connectivity index (χ2n) is 5.39. The Morgan fingerprint density at radius 3 is 2.12 bits per heavy atom. The Balaban J connectivity index is 2.16. The first-order chi connectivity index (χ1) is 12.3. The van der Waals surface area contributed by atoms with Crippen LogP contribution in [0.4, 0.5) is 13.2 Å². The lowest BCUT2D eigenvalue weighted by Gasteiger charge is -2.17. The van der Waals surface area contributed by atoms with Crippen molar-refractivity contribution in [2.45, 2.75) is 19.0 Å². The van der Waals surface area contributed by atoms with Gasteiger partial charge in [0, 0.05) is 0 Å². The van der Waals surface area contributed by atoms with Gasteiger partial charge in [-0.05, 0) is 36.8 Å². The molecule has 7 heteroatoms. The van der Waals surface area contributed by atoms with E-state index in [0.29, 0.717) is 5.56 Å². The second kappa shape index (κ2) is 8.51. The van der Waals surface area contributed by atoms with Crippen molar-refractivity contribution >= 4 is 11.9 Å². The molecule has 0 saturated heterocycles. The molecule has 0 heterocycles. The first kappa shape index (κ1) is 19.5. The Morgan fingerprint density at radius 2 is 1.58 bits per heavy atom. The van der Waals surface area contributed by atoms with E-state index in [9.17, 15) is 22.8 Å². The maximum atomic E-state index is 12.7. The van der Waals surface area contributed by atoms with Crippen LogP contribution in [0.2, 0.25) is 0 Å². The predicted molar refractivity (Wildman–Crippen MR) is 87.5 cm³/mol. The van der Waals surface area contributed by atoms with Crippen LogP contribution < -0.4 is 0 Å². The summed E-state index contributed by atoms with van der Waals surface area (Å²) in [6.07, 6.45) is -4.47. The molecule has 0 saturated carbocycles. The van der Waals surface area contributed by atoms with E-state index < -0.39 is 29.6 Å². The first-order valence-electron chi connectivity index (χ1n) is 7.89. The molecule has 0 aliphatic carbocycles. The number of rotatable bonds is 6. The minimum absolute atomic E-state index is 0.0998. The van der Waals surface area contributed by atoms with Gasteiger partial charge < -0.3 is 9.47 Å². The maximum Gasteiger partial charge on any atom is 0.416 e. The second-order valence-corrected chi connectivity index (χ2v) is 5.39. The number of esters is 2. The van der Waals surface area contributed by atoms with Crippen molar-refractivity contribution < 1.29 is 32.2 Å². The Kier molecular flexibility index (Phi) is 6.38. The SMILES string of the molecule is CCOC(=O)C(COC(=O)c1ccccc1)c1ccc(C(F)(F)F)cc1. The fourth-order valence-electron chi connectivity index (χ4n) is 2.26. The predicted octanol–water partition coefficient (Wildman–Crippen LogP) is 4.21. The number of alkyl halides is 3. The monoisotopic (exact) mass is 366 g/mol. The molecule has 138 valence electrons. The number of carbonyl (C=O) groups is 2. The summed E-state index contributed by atoms with van der Waals surface area (Å²) in [7, 11) is 0. The van der Waals surface area contributed by atoms with Crippen LogP contribution >= 0.6 is 0 Å². The van der Waals surface area contributed by atoms with E-state index in [-0.39, 0.29) is 18.8 Å². The highest BCUT2D eigenvalue weighted by molar-refractivity contribution is 5.89. The van der Waals surface area contributed by atoms with E-state index in [4.69, 9.17) is 9.47 Å². The zero-order valence-corrected chi connectivity index (χ0v) is 14.0. The standard InChI is InChI=1S/C19H17F3O4/c1-2-25-18(24)16(12-26-17(23)14-6-4-3-5-7-14)13-8-10-15(11-9-13)19(20,21)22/h3-11,16H,2,12H2,1H3. The molecule has 4 nitrogen and oxygen atoms in total. The number of carbonyl (C=O) groups excluding carboxylic acids is 2. The zero-order valence-electron chi connectivity index (χ0n) is 14.0. The lowest BCUT2D eigenvalue weighted by Crippen LogP contribution is -2.23. The molecule has 0 aromatic heterocycles. The largest absolute Gasteiger partial charge is 0.465 e. The van der Waals surface area contributed by atoms with Crippen LogP contribution in [0.15, 0.2) is 54.6 Å². The van der Waals surface area contributed by atoms with E-state index in [0.717, 1.165) is 12.1 Å². The van der Waals surface area contributed by atoms with Crippen molar-refractivity contribution in [2.75, 3.05) is 13.2 Å². The molecule has 2 rings (SSSR count). The van der Waals surface area contributed by atoms with E-state index >= 15 is 0 Å². The van der Waals surface area contributed by atoms with Gasteiger partial charge in [0.2, 0.25) is 0 Å². The molecular formula is C19H17F3O4. The van der Waals surface area contributed by atoms with Crippen LogP contribution in [0.1, 0.15) is 34.3 Å². The molecule has 0 amide bonds. The van der Waals surface area contributed by atoms with Crippen LogP contribution in [-0.4, -0.2) is 25.2 Å². The van der Waals surface area contributed by atoms with Gasteiger partial charge in [0.05, 0.1) is 17.7 Å². The van der Waals surface area contributed by atoms with Crippen molar-refractivity contribution in [2.24, 2.45) is 0 Å². The Hall–Kier alpha value is -2.83. The minimum atomic E-state index is -4.47. The molecule has 0 fully saturated rings. The molecule has 0 aliphatic heterocycles. The van der Waals surface area contributed by atoms with Crippen molar-refractivity contribution in [3.8, 4) is 0 Å². The van der Waals surface area contributed by atoms with Crippen molar-refractivity contribution in [3.63, 3.8) is 0 Å². The van der Waals surface area contributed by atoms with Crippen molar-refractivity contribution in [1.82, 2.24) is 0 Å². The summed E-state index contributed by atoms with van der Waals surface area (Å²) in [5.74, 6) is -2.31. The molecular weight excluding hydrogens is 349 g/mol. The molecule has 0 bridgehead atoms. The molecule has 0 radical (unpaired) electrons. The van der Waals surface area contributed by atoms with Gasteiger partial charge in [-0.25, -0.2) is 4.79 Å². The van der Waals surface area contributed by atoms with Crippen LogP contribution in [0.5, 0.6) is 0 Å². The fourth-order valence-corrected chi connectivity index (χ4v) is 2.26. The highest BCUT2D eigenvalue weighted by Crippen LogP contribution is 2.30. The van der Waals surface area contributed by atoms with Crippen LogP contribution in [-0.2, 0) is 20.4 Å². The van der Waals surface area contributed by atoms with Gasteiger partial charge in [-0.3, -0.25) is 4.79 Å². The van der Waals surface area contributed by atoms with Crippen LogP contribution in [0, 0.1) is 0 Å². The lowest BCUT2D eigenvalue weighted by atomic mass is 9.98. The molecule has 2 aromatic rings. The fraction of sp³-hybridized carbons (Fsp3) is 0.263. The summed E-state index contributed by atoms with van der Waals surface area (Å²) in [4.78, 5) is 24.2. The highest BCUT2D eigenvalue weighted by atomic mass is 19.4. The number of benzene rings is 2. The van der Waals surface area contributed by atoms with Gasteiger partial charge in [0.15, 0.2) is 0 Å². The molecule has 0 aliphatic rings. The highest BCUT2D eigenvalue weighted by Gasteiger charge is 2.31. The van der Waals surface area contributed by atoms with E-state index in [1.807, 2.05) is 0 Å². The molecule has 26 heavy (non-hydrogen) atoms. The molecule has 2 aromatic carbocycles. The summed E-state index contributed by atoms with van der Waals surface area (Å²) in [5.41, 5.74) is -0.245. The van der Waals surface area contributed by atoms with Crippen LogP contribution in [0.25, 0.3) is 0 Å². The lowest BCUT2D eigenvalue weighted by molar-refractivity contribution is -0.146. The summed E-state index contributed by atoms with van der Waals surface area (Å²) in [6.45, 7) is 1.37. The zero-order chi connectivity index (χ0) is 19.2. The van der Waals surface area contributed by atoms with E-state index in [1.54, 1.807) is 37.3 Å². The van der Waals surface area contributed by atoms with E-state index in [1.165, 1.54) is 12.1 Å². The van der Waals surface area contributed by atoms with Gasteiger partial charge in [-0.2, -0.15) is 13.2 Å². The number of ether oxygens (including phenoxy) is 2.